The first-order valence-corrected chi connectivity index (χ1v) is 9.30. The molecule has 4 fully saturated rings. The van der Waals surface area contributed by atoms with Crippen LogP contribution in [-0.4, -0.2) is 22.3 Å². The van der Waals surface area contributed by atoms with Crippen LogP contribution in [0, 0.1) is 34.0 Å². The fourth-order valence-electron chi connectivity index (χ4n) is 7.73. The second-order valence-corrected chi connectivity index (χ2v) is 9.61. The van der Waals surface area contributed by atoms with Gasteiger partial charge in [-0.3, -0.25) is 4.79 Å². The highest BCUT2D eigenvalue weighted by Crippen LogP contribution is 2.72. The Kier molecular flexibility index (Phi) is 3.15. The zero-order valence-electron chi connectivity index (χ0n) is 14.5. The number of fused-ring (bicyclic) bond motifs is 3. The van der Waals surface area contributed by atoms with Crippen molar-refractivity contribution >= 4 is 5.97 Å². The molecule has 0 heterocycles. The Morgan fingerprint density at radius 1 is 1.13 bits per heavy atom. The highest BCUT2D eigenvalue weighted by atomic mass is 16.4. The molecule has 1 spiro atoms. The van der Waals surface area contributed by atoms with Crippen LogP contribution in [0.3, 0.4) is 0 Å². The Morgan fingerprint density at radius 3 is 2.57 bits per heavy atom. The van der Waals surface area contributed by atoms with Crippen LogP contribution < -0.4 is 0 Å². The fraction of sp³-hybridized carbons (Fsp3) is 0.850. The topological polar surface area (TPSA) is 57.5 Å². The average Bonchev–Trinajstić information content (AvgIpc) is 2.67. The molecular formula is C20H30O3. The quantitative estimate of drug-likeness (QED) is 0.718. The first-order chi connectivity index (χ1) is 10.7. The lowest BCUT2D eigenvalue weighted by atomic mass is 9.40. The van der Waals surface area contributed by atoms with Crippen molar-refractivity contribution in [1.29, 1.82) is 0 Å². The lowest BCUT2D eigenvalue weighted by Crippen LogP contribution is -2.60. The maximum absolute atomic E-state index is 12.1. The number of aliphatic hydroxyl groups excluding tert-OH is 1. The molecule has 3 nitrogen and oxygen atoms in total. The minimum absolute atomic E-state index is 0.0430. The molecule has 0 aromatic carbocycles. The maximum Gasteiger partial charge on any atom is 0.309 e. The second kappa shape index (κ2) is 4.62. The number of aliphatic carboxylic acids is 1. The van der Waals surface area contributed by atoms with Gasteiger partial charge in [-0.25, -0.2) is 0 Å². The molecule has 128 valence electrons. The van der Waals surface area contributed by atoms with Gasteiger partial charge in [-0.05, 0) is 86.9 Å². The van der Waals surface area contributed by atoms with E-state index >= 15 is 0 Å². The SMILES string of the molecule is C=C1C[C@]23CC[C@@H]4[C@](C)(C[C@@H](O)C[C@]4(C)C(=O)O)[C@H]2CC[C@H]1C3. The van der Waals surface area contributed by atoms with E-state index in [1.807, 2.05) is 6.92 Å². The van der Waals surface area contributed by atoms with Gasteiger partial charge in [0.05, 0.1) is 11.5 Å². The Hall–Kier alpha value is -0.830. The normalized spacial score (nSPS) is 55.2. The van der Waals surface area contributed by atoms with Crippen LogP contribution in [0.25, 0.3) is 0 Å². The molecule has 2 bridgehead atoms. The van der Waals surface area contributed by atoms with Gasteiger partial charge in [-0.15, -0.1) is 0 Å². The molecule has 0 unspecified atom stereocenters. The van der Waals surface area contributed by atoms with E-state index in [2.05, 4.69) is 13.5 Å². The van der Waals surface area contributed by atoms with Crippen molar-refractivity contribution in [1.82, 2.24) is 0 Å². The van der Waals surface area contributed by atoms with Crippen molar-refractivity contribution in [3.8, 4) is 0 Å². The third-order valence-electron chi connectivity index (χ3n) is 8.47. The number of hydrogen-bond acceptors (Lipinski definition) is 2. The molecule has 0 aliphatic heterocycles. The largest absolute Gasteiger partial charge is 0.481 e. The lowest BCUT2D eigenvalue weighted by Gasteiger charge is -2.64. The van der Waals surface area contributed by atoms with Gasteiger partial charge >= 0.3 is 5.97 Å². The highest BCUT2D eigenvalue weighted by Gasteiger charge is 2.66. The summed E-state index contributed by atoms with van der Waals surface area (Å²) in [5.41, 5.74) is 0.966. The monoisotopic (exact) mass is 318 g/mol. The van der Waals surface area contributed by atoms with Gasteiger partial charge in [0, 0.05) is 0 Å². The van der Waals surface area contributed by atoms with Gasteiger partial charge in [-0.1, -0.05) is 19.1 Å². The smallest absolute Gasteiger partial charge is 0.309 e. The molecule has 4 rings (SSSR count). The first-order valence-electron chi connectivity index (χ1n) is 9.30. The molecule has 4 aliphatic carbocycles. The summed E-state index contributed by atoms with van der Waals surface area (Å²) in [6.45, 7) is 8.52. The van der Waals surface area contributed by atoms with E-state index in [1.54, 1.807) is 0 Å². The van der Waals surface area contributed by atoms with Crippen LogP contribution in [0.2, 0.25) is 0 Å². The molecule has 0 radical (unpaired) electrons. The van der Waals surface area contributed by atoms with Crippen molar-refractivity contribution < 1.29 is 15.0 Å². The summed E-state index contributed by atoms with van der Waals surface area (Å²) in [7, 11) is 0. The summed E-state index contributed by atoms with van der Waals surface area (Å²) in [5, 5.41) is 20.4. The van der Waals surface area contributed by atoms with Gasteiger partial charge in [0.1, 0.15) is 0 Å². The third-order valence-corrected chi connectivity index (χ3v) is 8.47. The van der Waals surface area contributed by atoms with Crippen molar-refractivity contribution in [2.24, 2.45) is 34.0 Å². The minimum Gasteiger partial charge on any atom is -0.481 e. The molecular weight excluding hydrogens is 288 g/mol. The summed E-state index contributed by atoms with van der Waals surface area (Å²) < 4.78 is 0. The second-order valence-electron chi connectivity index (χ2n) is 9.61. The maximum atomic E-state index is 12.1. The molecule has 0 aromatic rings. The van der Waals surface area contributed by atoms with Crippen LogP contribution >= 0.6 is 0 Å². The average molecular weight is 318 g/mol. The van der Waals surface area contributed by atoms with Gasteiger partial charge in [0.2, 0.25) is 0 Å². The molecule has 7 atom stereocenters. The number of hydrogen-bond donors (Lipinski definition) is 2. The standard InChI is InChI=1S/C20H30O3/c1-12-8-20-7-6-15-18(2,16(20)5-4-13(12)9-20)10-14(21)11-19(15,3)17(22)23/h13-16,21H,1,4-11H2,2-3H3,(H,22,23)/t13-,14+,15+,16+,18-,19-,20-/m0/s1. The van der Waals surface area contributed by atoms with Crippen molar-refractivity contribution in [3.63, 3.8) is 0 Å². The van der Waals surface area contributed by atoms with E-state index in [1.165, 1.54) is 24.8 Å². The Labute approximate surface area is 139 Å². The number of carboxylic acid groups (broad SMARTS) is 1. The number of carbonyl (C=O) groups is 1. The first kappa shape index (κ1) is 15.7. The molecule has 2 N–H and O–H groups in total. The molecule has 0 aromatic heterocycles. The molecule has 4 aliphatic rings. The van der Waals surface area contributed by atoms with Crippen molar-refractivity contribution in [3.05, 3.63) is 12.2 Å². The number of rotatable bonds is 1. The Morgan fingerprint density at radius 2 is 1.87 bits per heavy atom. The van der Waals surface area contributed by atoms with Crippen molar-refractivity contribution in [2.75, 3.05) is 0 Å². The van der Waals surface area contributed by atoms with Crippen LogP contribution in [0.15, 0.2) is 12.2 Å². The predicted molar refractivity (Wildman–Crippen MR) is 88.8 cm³/mol. The lowest BCUT2D eigenvalue weighted by molar-refractivity contribution is -0.195. The summed E-state index contributed by atoms with van der Waals surface area (Å²) in [5.74, 6) is 0.730. The summed E-state index contributed by atoms with van der Waals surface area (Å²) in [6.07, 6.45) is 7.70. The van der Waals surface area contributed by atoms with E-state index in [0.717, 1.165) is 25.7 Å². The van der Waals surface area contributed by atoms with Gasteiger partial charge in [0.15, 0.2) is 0 Å². The van der Waals surface area contributed by atoms with Gasteiger partial charge in [0.25, 0.3) is 0 Å². The third kappa shape index (κ3) is 1.89. The van der Waals surface area contributed by atoms with Crippen LogP contribution in [-0.2, 0) is 4.79 Å². The van der Waals surface area contributed by atoms with Crippen LogP contribution in [0.5, 0.6) is 0 Å². The summed E-state index contributed by atoms with van der Waals surface area (Å²) in [6, 6.07) is 0. The zero-order valence-corrected chi connectivity index (χ0v) is 14.5. The molecule has 0 amide bonds. The van der Waals surface area contributed by atoms with Gasteiger partial charge < -0.3 is 10.2 Å². The molecule has 4 saturated carbocycles. The Bertz CT molecular complexity index is 569. The minimum atomic E-state index is -0.777. The van der Waals surface area contributed by atoms with E-state index in [9.17, 15) is 15.0 Å². The molecule has 3 heteroatoms. The molecule has 23 heavy (non-hydrogen) atoms. The fourth-order valence-corrected chi connectivity index (χ4v) is 7.73. The van der Waals surface area contributed by atoms with Gasteiger partial charge in [-0.2, -0.15) is 0 Å². The van der Waals surface area contributed by atoms with Crippen LogP contribution in [0.4, 0.5) is 0 Å². The highest BCUT2D eigenvalue weighted by molar-refractivity contribution is 5.75. The van der Waals surface area contributed by atoms with E-state index in [-0.39, 0.29) is 11.3 Å². The molecule has 0 saturated heterocycles. The van der Waals surface area contributed by atoms with Crippen molar-refractivity contribution in [2.45, 2.75) is 71.3 Å². The van der Waals surface area contributed by atoms with E-state index in [4.69, 9.17) is 0 Å². The van der Waals surface area contributed by atoms with E-state index < -0.39 is 17.5 Å². The summed E-state index contributed by atoms with van der Waals surface area (Å²) >= 11 is 0. The van der Waals surface area contributed by atoms with E-state index in [0.29, 0.717) is 23.7 Å². The zero-order chi connectivity index (χ0) is 16.6. The summed E-state index contributed by atoms with van der Waals surface area (Å²) in [4.78, 5) is 12.1. The number of carboxylic acids is 1. The Balaban J connectivity index is 1.77. The number of allylic oxidation sites excluding steroid dienone is 1. The number of aliphatic hydroxyl groups is 1. The predicted octanol–water partition coefficient (Wildman–Crippen LogP) is 4.01. The van der Waals surface area contributed by atoms with Crippen LogP contribution in [0.1, 0.15) is 65.2 Å².